The Labute approximate surface area is 150 Å². The van der Waals surface area contributed by atoms with Crippen molar-refractivity contribution >= 4 is 24.2 Å². The number of ether oxygens (including phenoxy) is 1. The highest BCUT2D eigenvalue weighted by Crippen LogP contribution is 2.33. The molecule has 3 rings (SSSR count). The maximum atomic E-state index is 13.1. The first-order chi connectivity index (χ1) is 11.2. The number of hydrogen-bond donors (Lipinski definition) is 1. The van der Waals surface area contributed by atoms with Crippen LogP contribution in [0.2, 0.25) is 0 Å². The van der Waals surface area contributed by atoms with Gasteiger partial charge in [-0.05, 0) is 38.5 Å². The van der Waals surface area contributed by atoms with Crippen LogP contribution in [0, 0.1) is 11.3 Å². The van der Waals surface area contributed by atoms with Crippen molar-refractivity contribution in [3.63, 3.8) is 0 Å². The molecule has 0 aromatic rings. The molecular formula is C17H30ClN3O3. The van der Waals surface area contributed by atoms with E-state index in [9.17, 15) is 9.59 Å². The Balaban J connectivity index is 0.00000208. The van der Waals surface area contributed by atoms with Crippen LogP contribution in [0.1, 0.15) is 38.5 Å². The minimum atomic E-state index is -0.475. The lowest BCUT2D eigenvalue weighted by molar-refractivity contribution is -0.151. The molecule has 6 nitrogen and oxygen atoms in total. The Hall–Kier alpha value is -0.850. The molecule has 0 aliphatic carbocycles. The van der Waals surface area contributed by atoms with E-state index in [0.717, 1.165) is 45.3 Å². The number of piperidine rings is 1. The Kier molecular flexibility index (Phi) is 6.89. The van der Waals surface area contributed by atoms with Gasteiger partial charge < -0.3 is 20.3 Å². The van der Waals surface area contributed by atoms with E-state index in [1.54, 1.807) is 0 Å². The lowest BCUT2D eigenvalue weighted by atomic mass is 9.78. The average Bonchev–Trinajstić information content (AvgIpc) is 3.15. The summed E-state index contributed by atoms with van der Waals surface area (Å²) in [6.07, 6.45) is 5.42. The Morgan fingerprint density at radius 2 is 1.67 bits per heavy atom. The summed E-state index contributed by atoms with van der Waals surface area (Å²) in [5.41, 5.74) is 5.49. The van der Waals surface area contributed by atoms with Gasteiger partial charge in [0.1, 0.15) is 0 Å². The second kappa shape index (κ2) is 8.50. The van der Waals surface area contributed by atoms with Crippen LogP contribution >= 0.6 is 12.4 Å². The van der Waals surface area contributed by atoms with Crippen molar-refractivity contribution < 1.29 is 14.3 Å². The minimum absolute atomic E-state index is 0. The summed E-state index contributed by atoms with van der Waals surface area (Å²) in [4.78, 5) is 29.6. The van der Waals surface area contributed by atoms with Crippen LogP contribution in [0.25, 0.3) is 0 Å². The summed E-state index contributed by atoms with van der Waals surface area (Å²) < 4.78 is 5.40. The smallest absolute Gasteiger partial charge is 0.230 e. The van der Waals surface area contributed by atoms with Gasteiger partial charge in [0, 0.05) is 45.9 Å². The number of halogens is 1. The molecule has 1 atom stereocenters. The average molecular weight is 360 g/mol. The second-order valence-corrected chi connectivity index (χ2v) is 7.22. The molecule has 24 heavy (non-hydrogen) atoms. The van der Waals surface area contributed by atoms with Gasteiger partial charge in [0.15, 0.2) is 0 Å². The number of rotatable bonds is 3. The lowest BCUT2D eigenvalue weighted by Crippen LogP contribution is -2.54. The number of carbonyl (C=O) groups is 2. The molecule has 0 spiro atoms. The molecule has 0 aromatic carbocycles. The van der Waals surface area contributed by atoms with E-state index in [0.29, 0.717) is 39.1 Å². The molecule has 0 bridgehead atoms. The molecule has 3 heterocycles. The molecule has 2 N–H and O–H groups in total. The Morgan fingerprint density at radius 3 is 2.29 bits per heavy atom. The molecule has 3 aliphatic heterocycles. The molecule has 0 aromatic heterocycles. The highest BCUT2D eigenvalue weighted by atomic mass is 35.5. The fourth-order valence-electron chi connectivity index (χ4n) is 4.16. The maximum Gasteiger partial charge on any atom is 0.230 e. The number of nitrogens with two attached hydrogens (primary N) is 1. The number of likely N-dealkylation sites (tertiary alicyclic amines) is 2. The molecule has 0 saturated carbocycles. The molecular weight excluding hydrogens is 330 g/mol. The van der Waals surface area contributed by atoms with E-state index in [-0.39, 0.29) is 30.1 Å². The first-order valence-electron chi connectivity index (χ1n) is 9.02. The van der Waals surface area contributed by atoms with Crippen molar-refractivity contribution in [1.82, 2.24) is 9.80 Å². The largest absolute Gasteiger partial charge is 0.381 e. The third-order valence-electron chi connectivity index (χ3n) is 5.77. The van der Waals surface area contributed by atoms with E-state index in [2.05, 4.69) is 0 Å². The zero-order chi connectivity index (χ0) is 16.3. The molecule has 1 unspecified atom stereocenters. The quantitative estimate of drug-likeness (QED) is 0.816. The van der Waals surface area contributed by atoms with Crippen LogP contribution in [0.3, 0.4) is 0 Å². The van der Waals surface area contributed by atoms with Gasteiger partial charge in [-0.1, -0.05) is 0 Å². The Bertz CT molecular complexity index is 448. The molecule has 138 valence electrons. The predicted molar refractivity (Wildman–Crippen MR) is 93.9 cm³/mol. The van der Waals surface area contributed by atoms with Crippen LogP contribution in [-0.4, -0.2) is 67.6 Å². The van der Waals surface area contributed by atoms with Crippen LogP contribution in [0.15, 0.2) is 0 Å². The first-order valence-corrected chi connectivity index (χ1v) is 9.02. The van der Waals surface area contributed by atoms with E-state index in [4.69, 9.17) is 10.5 Å². The van der Waals surface area contributed by atoms with Crippen LogP contribution in [0.5, 0.6) is 0 Å². The third-order valence-corrected chi connectivity index (χ3v) is 5.77. The van der Waals surface area contributed by atoms with Crippen molar-refractivity contribution in [2.45, 2.75) is 38.5 Å². The number of hydrogen-bond acceptors (Lipinski definition) is 4. The number of nitrogens with zero attached hydrogens (tertiary/aromatic N) is 2. The molecule has 3 fully saturated rings. The molecule has 0 radical (unpaired) electrons. The van der Waals surface area contributed by atoms with Crippen molar-refractivity contribution in [2.24, 2.45) is 17.1 Å². The first kappa shape index (κ1) is 19.5. The third kappa shape index (κ3) is 3.86. The van der Waals surface area contributed by atoms with Gasteiger partial charge in [0.25, 0.3) is 0 Å². The van der Waals surface area contributed by atoms with Crippen LogP contribution in [-0.2, 0) is 14.3 Å². The van der Waals surface area contributed by atoms with E-state index in [1.165, 1.54) is 0 Å². The van der Waals surface area contributed by atoms with Gasteiger partial charge in [0.05, 0.1) is 11.3 Å². The molecule has 3 aliphatic rings. The summed E-state index contributed by atoms with van der Waals surface area (Å²) in [7, 11) is 0. The highest BCUT2D eigenvalue weighted by molar-refractivity contribution is 5.85. The normalized spacial score (nSPS) is 26.8. The standard InChI is InChI=1S/C17H29N3O3.ClH/c18-13-17(5-10-23-11-6-17)16(22)20-9-3-4-14(12-20)15(21)19-7-1-2-8-19;/h14H,1-13,18H2;1H. The van der Waals surface area contributed by atoms with E-state index >= 15 is 0 Å². The zero-order valence-corrected chi connectivity index (χ0v) is 15.2. The van der Waals surface area contributed by atoms with E-state index in [1.807, 2.05) is 9.80 Å². The van der Waals surface area contributed by atoms with Gasteiger partial charge in [-0.15, -0.1) is 12.4 Å². The molecule has 2 amide bonds. The summed E-state index contributed by atoms with van der Waals surface area (Å²) >= 11 is 0. The molecule has 3 saturated heterocycles. The summed E-state index contributed by atoms with van der Waals surface area (Å²) in [6.45, 7) is 4.67. The van der Waals surface area contributed by atoms with Crippen molar-refractivity contribution in [2.75, 3.05) is 45.9 Å². The second-order valence-electron chi connectivity index (χ2n) is 7.22. The van der Waals surface area contributed by atoms with Gasteiger partial charge in [0.2, 0.25) is 11.8 Å². The molecule has 7 heteroatoms. The Morgan fingerprint density at radius 1 is 1.04 bits per heavy atom. The fourth-order valence-corrected chi connectivity index (χ4v) is 4.16. The number of amides is 2. The fraction of sp³-hybridized carbons (Fsp3) is 0.882. The monoisotopic (exact) mass is 359 g/mol. The SMILES string of the molecule is Cl.NCC1(C(=O)N2CCCC(C(=O)N3CCCC3)C2)CCOCC1. The predicted octanol–water partition coefficient (Wildman–Crippen LogP) is 1.02. The van der Waals surface area contributed by atoms with Gasteiger partial charge in [-0.25, -0.2) is 0 Å². The van der Waals surface area contributed by atoms with Crippen LogP contribution in [0.4, 0.5) is 0 Å². The van der Waals surface area contributed by atoms with Crippen molar-refractivity contribution in [3.05, 3.63) is 0 Å². The lowest BCUT2D eigenvalue weighted by Gasteiger charge is -2.42. The number of carbonyl (C=O) groups excluding carboxylic acids is 2. The summed E-state index contributed by atoms with van der Waals surface area (Å²) in [5.74, 6) is 0.358. The summed E-state index contributed by atoms with van der Waals surface area (Å²) in [5, 5.41) is 0. The topological polar surface area (TPSA) is 75.9 Å². The minimum Gasteiger partial charge on any atom is -0.381 e. The van der Waals surface area contributed by atoms with Gasteiger partial charge in [-0.2, -0.15) is 0 Å². The van der Waals surface area contributed by atoms with Crippen LogP contribution < -0.4 is 5.73 Å². The summed E-state index contributed by atoms with van der Waals surface area (Å²) in [6, 6.07) is 0. The van der Waals surface area contributed by atoms with Gasteiger partial charge in [-0.3, -0.25) is 9.59 Å². The van der Waals surface area contributed by atoms with Gasteiger partial charge >= 0.3 is 0 Å². The van der Waals surface area contributed by atoms with Crippen molar-refractivity contribution in [1.29, 1.82) is 0 Å². The highest BCUT2D eigenvalue weighted by Gasteiger charge is 2.43. The van der Waals surface area contributed by atoms with Crippen molar-refractivity contribution in [3.8, 4) is 0 Å². The van der Waals surface area contributed by atoms with E-state index < -0.39 is 5.41 Å². The maximum absolute atomic E-state index is 13.1. The zero-order valence-electron chi connectivity index (χ0n) is 14.4.